The lowest BCUT2D eigenvalue weighted by Gasteiger charge is -2.21. The van der Waals surface area contributed by atoms with E-state index in [1.54, 1.807) is 16.7 Å². The van der Waals surface area contributed by atoms with Gasteiger partial charge in [-0.2, -0.15) is 0 Å². The Morgan fingerprint density at radius 2 is 1.89 bits per heavy atom. The minimum Gasteiger partial charge on any atom is -0.308 e. The van der Waals surface area contributed by atoms with Crippen LogP contribution in [-0.4, -0.2) is 48.7 Å². The third kappa shape index (κ3) is 5.23. The number of hydrogen-bond donors (Lipinski definition) is 0. The minimum absolute atomic E-state index is 0.0533. The van der Waals surface area contributed by atoms with Crippen LogP contribution in [0.4, 0.5) is 5.13 Å². The number of benzene rings is 2. The van der Waals surface area contributed by atoms with Crippen LogP contribution in [0.5, 0.6) is 0 Å². The summed E-state index contributed by atoms with van der Waals surface area (Å²) in [6.45, 7) is 3.42. The van der Waals surface area contributed by atoms with Crippen LogP contribution >= 0.6 is 34.7 Å². The van der Waals surface area contributed by atoms with Crippen molar-refractivity contribution in [1.82, 2.24) is 9.88 Å². The van der Waals surface area contributed by atoms with Gasteiger partial charge in [0.15, 0.2) is 5.13 Å². The van der Waals surface area contributed by atoms with Crippen LogP contribution in [0.1, 0.15) is 5.56 Å². The van der Waals surface area contributed by atoms with Crippen molar-refractivity contribution in [3.63, 3.8) is 0 Å². The molecule has 0 fully saturated rings. The summed E-state index contributed by atoms with van der Waals surface area (Å²) in [6.07, 6.45) is 0. The Morgan fingerprint density at radius 1 is 1.15 bits per heavy atom. The molecule has 0 atom stereocenters. The molecule has 4 nitrogen and oxygen atoms in total. The van der Waals surface area contributed by atoms with E-state index in [2.05, 4.69) is 41.1 Å². The molecule has 0 saturated carbocycles. The summed E-state index contributed by atoms with van der Waals surface area (Å²) in [5, 5.41) is 1.32. The zero-order valence-corrected chi connectivity index (χ0v) is 18.0. The summed E-state index contributed by atoms with van der Waals surface area (Å²) in [5.74, 6) is 0.428. The summed E-state index contributed by atoms with van der Waals surface area (Å²) in [5.41, 5.74) is 1.97. The van der Waals surface area contributed by atoms with E-state index in [-0.39, 0.29) is 5.91 Å². The molecule has 0 aliphatic heterocycles. The standard InChI is InChI=1S/C20H22ClN3OS2/c1-14-7-9-15(10-8-14)26-13-18(25)24(12-11-23(2)3)20-22-19-16(21)5-4-6-17(19)27-20/h4-10H,11-13H2,1-3H3. The number of aryl methyl sites for hydroxylation is 1. The van der Waals surface area contributed by atoms with Crippen LogP contribution in [0.2, 0.25) is 5.02 Å². The second kappa shape index (κ2) is 9.06. The van der Waals surface area contributed by atoms with E-state index in [9.17, 15) is 4.79 Å². The SMILES string of the molecule is Cc1ccc(SCC(=O)N(CCN(C)C)c2nc3c(Cl)cccc3s2)cc1. The van der Waals surface area contributed by atoms with E-state index in [1.165, 1.54) is 16.9 Å². The zero-order valence-electron chi connectivity index (χ0n) is 15.6. The highest BCUT2D eigenvalue weighted by Gasteiger charge is 2.20. The fourth-order valence-electron chi connectivity index (χ4n) is 2.50. The first-order chi connectivity index (χ1) is 12.9. The van der Waals surface area contributed by atoms with E-state index >= 15 is 0 Å². The predicted molar refractivity (Wildman–Crippen MR) is 117 cm³/mol. The van der Waals surface area contributed by atoms with Gasteiger partial charge < -0.3 is 4.90 Å². The fraction of sp³-hybridized carbons (Fsp3) is 0.300. The number of nitrogens with zero attached hydrogens (tertiary/aromatic N) is 3. The molecule has 1 heterocycles. The van der Waals surface area contributed by atoms with Crippen LogP contribution in [0.15, 0.2) is 47.4 Å². The largest absolute Gasteiger partial charge is 0.308 e. The molecule has 1 aromatic heterocycles. The Kier molecular flexibility index (Phi) is 6.76. The summed E-state index contributed by atoms with van der Waals surface area (Å²) < 4.78 is 0.992. The molecule has 3 rings (SSSR count). The maximum atomic E-state index is 13.0. The molecule has 1 amide bonds. The normalized spacial score (nSPS) is 11.3. The van der Waals surface area contributed by atoms with E-state index in [0.717, 1.165) is 21.7 Å². The molecular weight excluding hydrogens is 398 g/mol. The van der Waals surface area contributed by atoms with Gasteiger partial charge in [-0.15, -0.1) is 11.8 Å². The monoisotopic (exact) mass is 419 g/mol. The van der Waals surface area contributed by atoms with Crippen molar-refractivity contribution in [2.45, 2.75) is 11.8 Å². The van der Waals surface area contributed by atoms with Crippen molar-refractivity contribution < 1.29 is 4.79 Å². The van der Waals surface area contributed by atoms with Gasteiger partial charge in [-0.05, 0) is 45.3 Å². The van der Waals surface area contributed by atoms with Crippen molar-refractivity contribution in [3.8, 4) is 0 Å². The highest BCUT2D eigenvalue weighted by atomic mass is 35.5. The van der Waals surface area contributed by atoms with E-state index in [0.29, 0.717) is 22.5 Å². The molecule has 0 unspecified atom stereocenters. The number of carbonyl (C=O) groups excluding carboxylic acids is 1. The molecule has 142 valence electrons. The summed E-state index contributed by atoms with van der Waals surface area (Å²) >= 11 is 9.32. The molecule has 0 saturated heterocycles. The Balaban J connectivity index is 1.79. The third-order valence-electron chi connectivity index (χ3n) is 4.04. The second-order valence-electron chi connectivity index (χ2n) is 6.53. The lowest BCUT2D eigenvalue weighted by molar-refractivity contribution is -0.116. The number of halogens is 1. The number of fused-ring (bicyclic) bond motifs is 1. The van der Waals surface area contributed by atoms with Crippen molar-refractivity contribution >= 4 is 56.0 Å². The van der Waals surface area contributed by atoms with Gasteiger partial charge in [0.25, 0.3) is 0 Å². The van der Waals surface area contributed by atoms with E-state index in [1.807, 2.05) is 32.3 Å². The van der Waals surface area contributed by atoms with Gasteiger partial charge in [-0.25, -0.2) is 4.98 Å². The molecule has 0 spiro atoms. The summed E-state index contributed by atoms with van der Waals surface area (Å²) in [6, 6.07) is 13.9. The van der Waals surface area contributed by atoms with E-state index < -0.39 is 0 Å². The van der Waals surface area contributed by atoms with Gasteiger partial charge in [0, 0.05) is 18.0 Å². The Labute approximate surface area is 173 Å². The molecule has 7 heteroatoms. The molecule has 2 aromatic carbocycles. The summed E-state index contributed by atoms with van der Waals surface area (Å²) in [7, 11) is 4.00. The number of para-hydroxylation sites is 1. The Morgan fingerprint density at radius 3 is 2.56 bits per heavy atom. The lowest BCUT2D eigenvalue weighted by Crippen LogP contribution is -2.37. The number of likely N-dealkylation sites (N-methyl/N-ethyl adjacent to an activating group) is 1. The van der Waals surface area contributed by atoms with Gasteiger partial charge >= 0.3 is 0 Å². The smallest absolute Gasteiger partial charge is 0.239 e. The Hall–Kier alpha value is -1.60. The summed E-state index contributed by atoms with van der Waals surface area (Å²) in [4.78, 5) is 22.6. The maximum Gasteiger partial charge on any atom is 0.239 e. The van der Waals surface area contributed by atoms with Gasteiger partial charge in [0.2, 0.25) is 5.91 Å². The number of thioether (sulfide) groups is 1. The number of carbonyl (C=O) groups is 1. The number of anilines is 1. The highest BCUT2D eigenvalue weighted by Crippen LogP contribution is 2.33. The lowest BCUT2D eigenvalue weighted by atomic mass is 10.2. The first kappa shape index (κ1) is 20.1. The van der Waals surface area contributed by atoms with Crippen molar-refractivity contribution in [1.29, 1.82) is 0 Å². The zero-order chi connectivity index (χ0) is 19.4. The third-order valence-corrected chi connectivity index (χ3v) is 6.39. The first-order valence-corrected chi connectivity index (χ1v) is 10.8. The van der Waals surface area contributed by atoms with Gasteiger partial charge in [-0.1, -0.05) is 46.7 Å². The van der Waals surface area contributed by atoms with Gasteiger partial charge in [0.05, 0.1) is 15.5 Å². The number of rotatable bonds is 7. The average molecular weight is 420 g/mol. The fourth-order valence-corrected chi connectivity index (χ4v) is 4.59. The van der Waals surface area contributed by atoms with Crippen LogP contribution in [0.25, 0.3) is 10.2 Å². The van der Waals surface area contributed by atoms with Crippen LogP contribution < -0.4 is 4.90 Å². The van der Waals surface area contributed by atoms with Crippen LogP contribution in [0.3, 0.4) is 0 Å². The molecule has 27 heavy (non-hydrogen) atoms. The first-order valence-electron chi connectivity index (χ1n) is 8.63. The Bertz CT molecular complexity index is 925. The van der Waals surface area contributed by atoms with E-state index in [4.69, 9.17) is 11.6 Å². The quantitative estimate of drug-likeness (QED) is 0.508. The van der Waals surface area contributed by atoms with Crippen LogP contribution in [0, 0.1) is 6.92 Å². The molecule has 0 radical (unpaired) electrons. The molecule has 3 aromatic rings. The minimum atomic E-state index is 0.0533. The van der Waals surface area contributed by atoms with Crippen molar-refractivity contribution in [2.24, 2.45) is 0 Å². The van der Waals surface area contributed by atoms with Crippen molar-refractivity contribution in [3.05, 3.63) is 53.1 Å². The number of aromatic nitrogens is 1. The molecule has 0 bridgehead atoms. The molecule has 0 aliphatic rings. The number of amides is 1. The molecule has 0 N–H and O–H groups in total. The molecular formula is C20H22ClN3OS2. The number of hydrogen-bond acceptors (Lipinski definition) is 5. The van der Waals surface area contributed by atoms with Gasteiger partial charge in [0.1, 0.15) is 5.52 Å². The average Bonchev–Trinajstić information content (AvgIpc) is 3.06. The van der Waals surface area contributed by atoms with Crippen LogP contribution in [-0.2, 0) is 4.79 Å². The van der Waals surface area contributed by atoms with Crippen molar-refractivity contribution in [2.75, 3.05) is 37.8 Å². The second-order valence-corrected chi connectivity index (χ2v) is 9.00. The molecule has 0 aliphatic carbocycles. The highest BCUT2D eigenvalue weighted by molar-refractivity contribution is 8.00. The topological polar surface area (TPSA) is 36.4 Å². The predicted octanol–water partition coefficient (Wildman–Crippen LogP) is 4.95. The van der Waals surface area contributed by atoms with Gasteiger partial charge in [-0.3, -0.25) is 9.69 Å². The number of thiazole rings is 1. The maximum absolute atomic E-state index is 13.0.